The molecule has 7 heteroatoms. The lowest BCUT2D eigenvalue weighted by Gasteiger charge is -2.19. The first-order valence-corrected chi connectivity index (χ1v) is 11.7. The minimum Gasteiger partial charge on any atom is -0.341 e. The van der Waals surface area contributed by atoms with Crippen molar-refractivity contribution in [3.05, 3.63) is 109 Å². The van der Waals surface area contributed by atoms with Crippen LogP contribution in [0.25, 0.3) is 16.7 Å². The van der Waals surface area contributed by atoms with Gasteiger partial charge in [-0.3, -0.25) is 9.36 Å². The molecule has 2 heterocycles. The van der Waals surface area contributed by atoms with Crippen molar-refractivity contribution < 1.29 is 4.79 Å². The number of rotatable bonds is 7. The molecule has 6 nitrogen and oxygen atoms in total. The summed E-state index contributed by atoms with van der Waals surface area (Å²) in [7, 11) is 1.93. The molecule has 0 bridgehead atoms. The molecule has 0 spiro atoms. The van der Waals surface area contributed by atoms with Crippen molar-refractivity contribution >= 4 is 28.7 Å². The van der Waals surface area contributed by atoms with E-state index in [-0.39, 0.29) is 17.7 Å². The van der Waals surface area contributed by atoms with Crippen LogP contribution in [0.4, 0.5) is 0 Å². The van der Waals surface area contributed by atoms with E-state index in [1.54, 1.807) is 6.20 Å². The smallest absolute Gasteiger partial charge is 0.231 e. The largest absolute Gasteiger partial charge is 0.341 e. The van der Waals surface area contributed by atoms with Crippen molar-refractivity contribution in [1.82, 2.24) is 24.4 Å². The van der Waals surface area contributed by atoms with Gasteiger partial charge in [0.05, 0.1) is 16.8 Å². The molecule has 0 fully saturated rings. The number of para-hydroxylation sites is 3. The Morgan fingerprint density at radius 2 is 1.67 bits per heavy atom. The highest BCUT2D eigenvalue weighted by Gasteiger charge is 2.21. The number of carbonyl (C=O) groups excluding carboxylic acids is 1. The average molecular weight is 454 g/mol. The highest BCUT2D eigenvalue weighted by atomic mass is 32.2. The molecule has 0 radical (unpaired) electrons. The molecule has 1 N–H and O–H groups in total. The number of hydrogen-bond acceptors (Lipinski definition) is 4. The second-order valence-electron chi connectivity index (χ2n) is 7.65. The monoisotopic (exact) mass is 453 g/mol. The summed E-state index contributed by atoms with van der Waals surface area (Å²) in [6, 6.07) is 27.7. The highest BCUT2D eigenvalue weighted by Crippen LogP contribution is 2.28. The molecule has 5 aromatic rings. The quantitative estimate of drug-likeness (QED) is 0.361. The van der Waals surface area contributed by atoms with E-state index in [2.05, 4.69) is 14.9 Å². The third-order valence-electron chi connectivity index (χ3n) is 5.43. The van der Waals surface area contributed by atoms with Gasteiger partial charge >= 0.3 is 0 Å². The topological polar surface area (TPSA) is 64.7 Å². The number of aryl methyl sites for hydroxylation is 1. The zero-order chi connectivity index (χ0) is 22.6. The van der Waals surface area contributed by atoms with Crippen LogP contribution in [0.5, 0.6) is 0 Å². The second-order valence-corrected chi connectivity index (χ2v) is 8.59. The van der Waals surface area contributed by atoms with Crippen LogP contribution in [-0.2, 0) is 11.8 Å². The first-order valence-electron chi connectivity index (χ1n) is 10.7. The Hall–Kier alpha value is -3.84. The van der Waals surface area contributed by atoms with Gasteiger partial charge in [-0.1, -0.05) is 72.4 Å². The van der Waals surface area contributed by atoms with Crippen molar-refractivity contribution in [2.24, 2.45) is 7.05 Å². The number of hydrogen-bond donors (Lipinski definition) is 1. The van der Waals surface area contributed by atoms with E-state index in [1.165, 1.54) is 11.8 Å². The third kappa shape index (κ3) is 4.40. The van der Waals surface area contributed by atoms with Crippen LogP contribution in [0, 0.1) is 0 Å². The standard InChI is InChI=1S/C26H23N5OS/c1-30-17-16-27-25(30)24(19-10-4-2-5-11-19)29-23(32)18-33-26-28-21-14-8-9-15-22(21)31(26)20-12-6-3-7-13-20/h2-17,24H,18H2,1H3,(H,29,32)/t24-/m0/s1. The van der Waals surface area contributed by atoms with E-state index in [0.29, 0.717) is 0 Å². The molecule has 1 amide bonds. The number of nitrogens with one attached hydrogen (secondary N) is 1. The molecule has 0 aliphatic carbocycles. The van der Waals surface area contributed by atoms with Crippen LogP contribution in [0.15, 0.2) is 102 Å². The van der Waals surface area contributed by atoms with Gasteiger partial charge in [0, 0.05) is 25.1 Å². The molecule has 1 atom stereocenters. The summed E-state index contributed by atoms with van der Waals surface area (Å²) < 4.78 is 4.03. The Bertz CT molecular complexity index is 1380. The van der Waals surface area contributed by atoms with Crippen molar-refractivity contribution in [2.45, 2.75) is 11.2 Å². The van der Waals surface area contributed by atoms with Crippen LogP contribution in [-0.4, -0.2) is 30.8 Å². The second kappa shape index (κ2) is 9.34. The molecule has 5 rings (SSSR count). The number of fused-ring (bicyclic) bond motifs is 1. The molecule has 0 saturated carbocycles. The lowest BCUT2D eigenvalue weighted by atomic mass is 10.1. The van der Waals surface area contributed by atoms with E-state index in [1.807, 2.05) is 103 Å². The number of benzene rings is 3. The zero-order valence-corrected chi connectivity index (χ0v) is 18.9. The highest BCUT2D eigenvalue weighted by molar-refractivity contribution is 7.99. The van der Waals surface area contributed by atoms with Crippen LogP contribution < -0.4 is 5.32 Å². The van der Waals surface area contributed by atoms with Gasteiger partial charge in [-0.05, 0) is 29.8 Å². The van der Waals surface area contributed by atoms with Crippen LogP contribution >= 0.6 is 11.8 Å². The van der Waals surface area contributed by atoms with Gasteiger partial charge in [0.25, 0.3) is 0 Å². The Morgan fingerprint density at radius 1 is 0.970 bits per heavy atom. The molecular formula is C26H23N5OS. The number of carbonyl (C=O) groups is 1. The maximum absolute atomic E-state index is 13.1. The number of thioether (sulfide) groups is 1. The fourth-order valence-electron chi connectivity index (χ4n) is 3.86. The van der Waals surface area contributed by atoms with Crippen molar-refractivity contribution in [1.29, 1.82) is 0 Å². The average Bonchev–Trinajstić information content (AvgIpc) is 3.45. The molecule has 33 heavy (non-hydrogen) atoms. The van der Waals surface area contributed by atoms with Gasteiger partial charge < -0.3 is 9.88 Å². The van der Waals surface area contributed by atoms with Gasteiger partial charge in [0.15, 0.2) is 5.16 Å². The molecular weight excluding hydrogens is 430 g/mol. The molecule has 0 saturated heterocycles. The van der Waals surface area contributed by atoms with Crippen LogP contribution in [0.3, 0.4) is 0 Å². The molecule has 0 aliphatic heterocycles. The van der Waals surface area contributed by atoms with Gasteiger partial charge in [0.2, 0.25) is 5.91 Å². The van der Waals surface area contributed by atoms with Crippen molar-refractivity contribution in [2.75, 3.05) is 5.75 Å². The van der Waals surface area contributed by atoms with Crippen LogP contribution in [0.1, 0.15) is 17.4 Å². The normalized spacial score (nSPS) is 12.0. The van der Waals surface area contributed by atoms with Gasteiger partial charge in [-0.2, -0.15) is 0 Å². The maximum Gasteiger partial charge on any atom is 0.231 e. The Morgan fingerprint density at radius 3 is 2.39 bits per heavy atom. The van der Waals surface area contributed by atoms with Gasteiger partial charge in [0.1, 0.15) is 11.9 Å². The van der Waals surface area contributed by atoms with E-state index >= 15 is 0 Å². The van der Waals surface area contributed by atoms with Crippen LogP contribution in [0.2, 0.25) is 0 Å². The summed E-state index contributed by atoms with van der Waals surface area (Å²) in [5.74, 6) is 0.948. The first-order chi connectivity index (χ1) is 16.2. The lowest BCUT2D eigenvalue weighted by molar-refractivity contribution is -0.119. The number of imidazole rings is 2. The fourth-order valence-corrected chi connectivity index (χ4v) is 4.70. The van der Waals surface area contributed by atoms with Crippen molar-refractivity contribution in [3.63, 3.8) is 0 Å². The molecule has 2 aromatic heterocycles. The van der Waals surface area contributed by atoms with Gasteiger partial charge in [-0.15, -0.1) is 0 Å². The number of amides is 1. The summed E-state index contributed by atoms with van der Waals surface area (Å²) in [5.41, 5.74) is 3.92. The Balaban J connectivity index is 1.39. The van der Waals surface area contributed by atoms with E-state index in [9.17, 15) is 4.79 Å². The van der Waals surface area contributed by atoms with E-state index < -0.39 is 0 Å². The summed E-state index contributed by atoms with van der Waals surface area (Å²) in [5, 5.41) is 3.94. The third-order valence-corrected chi connectivity index (χ3v) is 6.37. The minimum atomic E-state index is -0.327. The summed E-state index contributed by atoms with van der Waals surface area (Å²) >= 11 is 1.43. The number of aromatic nitrogens is 4. The number of nitrogens with zero attached hydrogens (tertiary/aromatic N) is 4. The molecule has 0 unspecified atom stereocenters. The fraction of sp³-hybridized carbons (Fsp3) is 0.115. The Kier molecular flexibility index (Phi) is 5.95. The summed E-state index contributed by atoms with van der Waals surface area (Å²) in [4.78, 5) is 22.3. The predicted octanol–water partition coefficient (Wildman–Crippen LogP) is 4.76. The molecule has 0 aliphatic rings. The summed E-state index contributed by atoms with van der Waals surface area (Å²) in [6.45, 7) is 0. The zero-order valence-electron chi connectivity index (χ0n) is 18.1. The maximum atomic E-state index is 13.1. The SMILES string of the molecule is Cn1ccnc1[C@@H](NC(=O)CSc1nc2ccccc2n1-c1ccccc1)c1ccccc1. The summed E-state index contributed by atoms with van der Waals surface area (Å²) in [6.07, 6.45) is 3.63. The lowest BCUT2D eigenvalue weighted by Crippen LogP contribution is -2.32. The minimum absolute atomic E-state index is 0.0801. The van der Waals surface area contributed by atoms with E-state index in [4.69, 9.17) is 4.98 Å². The van der Waals surface area contributed by atoms with Crippen molar-refractivity contribution in [3.8, 4) is 5.69 Å². The Labute approximate surface area is 196 Å². The van der Waals surface area contributed by atoms with E-state index in [0.717, 1.165) is 33.3 Å². The molecule has 3 aromatic carbocycles. The first kappa shape index (κ1) is 21.0. The predicted molar refractivity (Wildman–Crippen MR) is 131 cm³/mol. The van der Waals surface area contributed by atoms with Gasteiger partial charge in [-0.25, -0.2) is 9.97 Å². The molecule has 164 valence electrons.